The topological polar surface area (TPSA) is 105 Å². The number of nitrogens with one attached hydrogen (secondary N) is 1. The lowest BCUT2D eigenvalue weighted by Crippen LogP contribution is -2.48. The van der Waals surface area contributed by atoms with Crippen molar-refractivity contribution >= 4 is 18.0 Å². The van der Waals surface area contributed by atoms with E-state index in [1.807, 2.05) is 0 Å². The van der Waals surface area contributed by atoms with Gasteiger partial charge in [-0.3, -0.25) is 9.59 Å². The third kappa shape index (κ3) is 4.37. The van der Waals surface area contributed by atoms with E-state index in [4.69, 9.17) is 14.6 Å². The molecule has 8 heteroatoms. The van der Waals surface area contributed by atoms with E-state index in [0.717, 1.165) is 0 Å². The van der Waals surface area contributed by atoms with Crippen LogP contribution in [0.2, 0.25) is 0 Å². The van der Waals surface area contributed by atoms with Crippen LogP contribution in [0.5, 0.6) is 0 Å². The van der Waals surface area contributed by atoms with Crippen LogP contribution >= 0.6 is 0 Å². The molecule has 0 aromatic rings. The molecule has 1 aliphatic rings. The third-order valence-corrected chi connectivity index (χ3v) is 3.10. The highest BCUT2D eigenvalue weighted by Crippen LogP contribution is 2.18. The van der Waals surface area contributed by atoms with Crippen LogP contribution in [0.4, 0.5) is 4.79 Å². The second kappa shape index (κ2) is 7.68. The molecule has 0 aromatic carbocycles. The third-order valence-electron chi connectivity index (χ3n) is 3.10. The molecule has 1 rings (SSSR count). The first-order chi connectivity index (χ1) is 9.47. The molecule has 8 nitrogen and oxygen atoms in total. The highest BCUT2D eigenvalue weighted by atomic mass is 16.5. The maximum Gasteiger partial charge on any atom is 0.317 e. The number of esters is 1. The first-order valence-corrected chi connectivity index (χ1v) is 6.44. The number of amides is 2. The summed E-state index contributed by atoms with van der Waals surface area (Å²) in [6.45, 7) is 2.44. The Morgan fingerprint density at radius 3 is 2.70 bits per heavy atom. The molecule has 2 unspecified atom stereocenters. The molecule has 0 radical (unpaired) electrons. The Kier molecular flexibility index (Phi) is 6.23. The van der Waals surface area contributed by atoms with Gasteiger partial charge in [-0.05, 0) is 6.92 Å². The summed E-state index contributed by atoms with van der Waals surface area (Å²) in [6, 6.07) is -0.939. The first-order valence-electron chi connectivity index (χ1n) is 6.44. The average molecular weight is 288 g/mol. The molecule has 1 aliphatic heterocycles. The number of ether oxygens (including phenoxy) is 2. The standard InChI is InChI=1S/C12H20N2O6/c1-3-20-10(15)4-5-13-12(18)14(2)9-7-19-6-8(9)11(16)17/h8-9H,3-7H2,1-2H3,(H,13,18)(H,16,17). The molecule has 20 heavy (non-hydrogen) atoms. The monoisotopic (exact) mass is 288 g/mol. The van der Waals surface area contributed by atoms with Gasteiger partial charge in [0.2, 0.25) is 0 Å². The summed E-state index contributed by atoms with van der Waals surface area (Å²) < 4.78 is 9.83. The molecule has 1 heterocycles. The predicted octanol–water partition coefficient (Wildman–Crippen LogP) is -0.319. The van der Waals surface area contributed by atoms with Gasteiger partial charge in [-0.25, -0.2) is 4.79 Å². The molecule has 0 spiro atoms. The Morgan fingerprint density at radius 1 is 1.40 bits per heavy atom. The Hall–Kier alpha value is -1.83. The number of aliphatic carboxylic acids is 1. The molecule has 2 amide bonds. The molecule has 0 aliphatic carbocycles. The minimum Gasteiger partial charge on any atom is -0.481 e. The van der Waals surface area contributed by atoms with Crippen molar-refractivity contribution in [2.24, 2.45) is 5.92 Å². The van der Waals surface area contributed by atoms with Crippen molar-refractivity contribution in [3.63, 3.8) is 0 Å². The molecule has 0 aromatic heterocycles. The van der Waals surface area contributed by atoms with E-state index in [2.05, 4.69) is 5.32 Å². The van der Waals surface area contributed by atoms with Gasteiger partial charge in [0.1, 0.15) is 5.92 Å². The van der Waals surface area contributed by atoms with Crippen molar-refractivity contribution in [1.82, 2.24) is 10.2 Å². The predicted molar refractivity (Wildman–Crippen MR) is 68.1 cm³/mol. The number of hydrogen-bond donors (Lipinski definition) is 2. The number of rotatable bonds is 6. The van der Waals surface area contributed by atoms with E-state index in [1.54, 1.807) is 6.92 Å². The van der Waals surface area contributed by atoms with Crippen LogP contribution in [0.1, 0.15) is 13.3 Å². The molecule has 2 N–H and O–H groups in total. The molecule has 1 fully saturated rings. The zero-order chi connectivity index (χ0) is 15.1. The van der Waals surface area contributed by atoms with Crippen molar-refractivity contribution in [3.05, 3.63) is 0 Å². The smallest absolute Gasteiger partial charge is 0.317 e. The summed E-state index contributed by atoms with van der Waals surface area (Å²) >= 11 is 0. The lowest BCUT2D eigenvalue weighted by molar-refractivity contribution is -0.143. The number of hydrogen-bond acceptors (Lipinski definition) is 5. The van der Waals surface area contributed by atoms with Crippen LogP contribution in [0.15, 0.2) is 0 Å². The van der Waals surface area contributed by atoms with Crippen molar-refractivity contribution in [2.75, 3.05) is 33.4 Å². The fourth-order valence-electron chi connectivity index (χ4n) is 1.94. The minimum absolute atomic E-state index is 0.0803. The number of likely N-dealkylation sites (N-methyl/N-ethyl adjacent to an activating group) is 1. The molecule has 114 valence electrons. The van der Waals surface area contributed by atoms with Gasteiger partial charge in [0.25, 0.3) is 0 Å². The summed E-state index contributed by atoms with van der Waals surface area (Å²) in [5.41, 5.74) is 0. The van der Waals surface area contributed by atoms with E-state index < -0.39 is 24.0 Å². The van der Waals surface area contributed by atoms with Gasteiger partial charge in [0.15, 0.2) is 0 Å². The Morgan fingerprint density at radius 2 is 2.10 bits per heavy atom. The largest absolute Gasteiger partial charge is 0.481 e. The lowest BCUT2D eigenvalue weighted by atomic mass is 10.0. The van der Waals surface area contributed by atoms with Gasteiger partial charge < -0.3 is 24.8 Å². The van der Waals surface area contributed by atoms with Crippen LogP contribution in [-0.4, -0.2) is 67.4 Å². The number of nitrogens with zero attached hydrogens (tertiary/aromatic N) is 1. The summed E-state index contributed by atoms with van der Waals surface area (Å²) in [4.78, 5) is 35.3. The second-order valence-electron chi connectivity index (χ2n) is 4.45. The second-order valence-corrected chi connectivity index (χ2v) is 4.45. The van der Waals surface area contributed by atoms with Gasteiger partial charge in [0.05, 0.1) is 32.3 Å². The molecular formula is C12H20N2O6. The van der Waals surface area contributed by atoms with E-state index in [1.165, 1.54) is 11.9 Å². The van der Waals surface area contributed by atoms with Gasteiger partial charge >= 0.3 is 18.0 Å². The van der Waals surface area contributed by atoms with Crippen molar-refractivity contribution in [1.29, 1.82) is 0 Å². The Balaban J connectivity index is 2.39. The lowest BCUT2D eigenvalue weighted by Gasteiger charge is -2.26. The number of carboxylic acid groups (broad SMARTS) is 1. The van der Waals surface area contributed by atoms with Crippen LogP contribution < -0.4 is 5.32 Å². The number of carbonyl (C=O) groups excluding carboxylic acids is 2. The van der Waals surface area contributed by atoms with E-state index in [9.17, 15) is 14.4 Å². The maximum absolute atomic E-state index is 11.9. The quantitative estimate of drug-likeness (QED) is 0.649. The SMILES string of the molecule is CCOC(=O)CCNC(=O)N(C)C1COCC1C(=O)O. The number of carbonyl (C=O) groups is 3. The average Bonchev–Trinajstić information content (AvgIpc) is 2.87. The van der Waals surface area contributed by atoms with Crippen molar-refractivity contribution < 1.29 is 29.0 Å². The molecule has 0 saturated carbocycles. The van der Waals surface area contributed by atoms with Crippen LogP contribution in [0, 0.1) is 5.92 Å². The van der Waals surface area contributed by atoms with Crippen molar-refractivity contribution in [2.45, 2.75) is 19.4 Å². The number of urea groups is 1. The summed E-state index contributed by atoms with van der Waals surface area (Å²) in [7, 11) is 1.51. The molecule has 0 bridgehead atoms. The highest BCUT2D eigenvalue weighted by Gasteiger charge is 2.38. The Bertz CT molecular complexity index is 373. The number of carboxylic acids is 1. The van der Waals surface area contributed by atoms with Crippen molar-refractivity contribution in [3.8, 4) is 0 Å². The van der Waals surface area contributed by atoms with Gasteiger partial charge in [0, 0.05) is 13.6 Å². The van der Waals surface area contributed by atoms with Gasteiger partial charge in [-0.2, -0.15) is 0 Å². The maximum atomic E-state index is 11.9. The fraction of sp³-hybridized carbons (Fsp3) is 0.750. The summed E-state index contributed by atoms with van der Waals surface area (Å²) in [6.07, 6.45) is 0.0803. The fourth-order valence-corrected chi connectivity index (χ4v) is 1.94. The van der Waals surface area contributed by atoms with E-state index in [-0.39, 0.29) is 32.1 Å². The zero-order valence-corrected chi connectivity index (χ0v) is 11.6. The molecule has 2 atom stereocenters. The highest BCUT2D eigenvalue weighted by molar-refractivity contribution is 5.77. The zero-order valence-electron chi connectivity index (χ0n) is 11.6. The van der Waals surface area contributed by atoms with Gasteiger partial charge in [-0.1, -0.05) is 0 Å². The van der Waals surface area contributed by atoms with Crippen LogP contribution in [0.25, 0.3) is 0 Å². The molecular weight excluding hydrogens is 268 g/mol. The minimum atomic E-state index is -0.987. The summed E-state index contributed by atoms with van der Waals surface area (Å²) in [5, 5.41) is 11.6. The van der Waals surface area contributed by atoms with Crippen LogP contribution in [0.3, 0.4) is 0 Å². The van der Waals surface area contributed by atoms with Gasteiger partial charge in [-0.15, -0.1) is 0 Å². The summed E-state index contributed by atoms with van der Waals surface area (Å²) in [5.74, 6) is -2.10. The normalized spacial score (nSPS) is 21.3. The Labute approximate surface area is 117 Å². The van der Waals surface area contributed by atoms with E-state index >= 15 is 0 Å². The van der Waals surface area contributed by atoms with E-state index in [0.29, 0.717) is 6.61 Å². The molecule has 1 saturated heterocycles. The van der Waals surface area contributed by atoms with Crippen LogP contribution in [-0.2, 0) is 19.1 Å². The first kappa shape index (κ1) is 16.2.